The molecule has 2 aliphatic heterocycles. The van der Waals surface area contributed by atoms with Crippen molar-refractivity contribution in [3.63, 3.8) is 0 Å². The zero-order chi connectivity index (χ0) is 29.3. The number of ketones is 1. The highest BCUT2D eigenvalue weighted by molar-refractivity contribution is 7.80. The summed E-state index contributed by atoms with van der Waals surface area (Å²) in [5.74, 6) is -3.73. The van der Waals surface area contributed by atoms with Gasteiger partial charge in [0.2, 0.25) is 11.8 Å². The molecular weight excluding hydrogens is 558 g/mol. The zero-order valence-corrected chi connectivity index (χ0v) is 25.1. The lowest BCUT2D eigenvalue weighted by Gasteiger charge is -2.52. The van der Waals surface area contributed by atoms with Gasteiger partial charge in [0.1, 0.15) is 11.0 Å². The van der Waals surface area contributed by atoms with Crippen molar-refractivity contribution in [3.8, 4) is 0 Å². The maximum Gasteiger partial charge on any atom is 0.248 e. The molecule has 0 radical (unpaired) electrons. The first kappa shape index (κ1) is 31.2. The summed E-state index contributed by atoms with van der Waals surface area (Å²) in [6.07, 6.45) is -0.212. The highest BCUT2D eigenvalue weighted by Crippen LogP contribution is 2.48. The van der Waals surface area contributed by atoms with Crippen molar-refractivity contribution in [2.24, 2.45) is 10.8 Å². The van der Waals surface area contributed by atoms with E-state index in [1.807, 2.05) is 19.1 Å². The Labute approximate surface area is 245 Å². The number of hydrogen-bond donors (Lipinski definition) is 4. The number of hydrogen-bond acceptors (Lipinski definition) is 6. The van der Waals surface area contributed by atoms with Crippen LogP contribution in [-0.4, -0.2) is 83.5 Å². The van der Waals surface area contributed by atoms with E-state index in [-0.39, 0.29) is 50.5 Å². The van der Waals surface area contributed by atoms with Crippen LogP contribution in [-0.2, 0) is 9.59 Å². The van der Waals surface area contributed by atoms with E-state index in [4.69, 9.17) is 23.8 Å². The fraction of sp³-hybridized carbons (Fsp3) is 0.690. The predicted molar refractivity (Wildman–Crippen MR) is 156 cm³/mol. The maximum absolute atomic E-state index is 15.4. The second kappa shape index (κ2) is 11.9. The van der Waals surface area contributed by atoms with Gasteiger partial charge in [-0.15, -0.1) is 0 Å². The third kappa shape index (κ3) is 5.54. The van der Waals surface area contributed by atoms with Crippen LogP contribution in [0.15, 0.2) is 24.3 Å². The molecule has 2 saturated heterocycles. The van der Waals surface area contributed by atoms with Crippen molar-refractivity contribution in [3.05, 3.63) is 34.9 Å². The number of halogens is 3. The summed E-state index contributed by atoms with van der Waals surface area (Å²) in [5.41, 5.74) is -2.81. The van der Waals surface area contributed by atoms with E-state index in [1.165, 1.54) is 0 Å². The SMILES string of the molecule is CCNC(=S)[C@]1(C(=O)[C@]2(N(C(=O)C(C)(C)CO)C3CCC(F)(F)CC3)CCNC2)CNC[C@@H]1c1ccc(Cl)cc1. The maximum atomic E-state index is 15.4. The quantitative estimate of drug-likeness (QED) is 0.322. The van der Waals surface area contributed by atoms with E-state index in [0.29, 0.717) is 36.1 Å². The fourth-order valence-corrected chi connectivity index (χ4v) is 7.27. The molecule has 4 rings (SSSR count). The number of nitrogens with zero attached hydrogens (tertiary/aromatic N) is 1. The topological polar surface area (TPSA) is 93.7 Å². The number of aliphatic hydroxyl groups excluding tert-OH is 1. The number of carbonyl (C=O) groups excluding carboxylic acids is 2. The summed E-state index contributed by atoms with van der Waals surface area (Å²) in [6, 6.07) is 6.81. The number of nitrogens with one attached hydrogen (secondary N) is 3. The molecular formula is C29H41ClF2N4O3S. The van der Waals surface area contributed by atoms with Crippen LogP contribution >= 0.6 is 23.8 Å². The summed E-state index contributed by atoms with van der Waals surface area (Å²) in [7, 11) is 0. The Morgan fingerprint density at radius 2 is 1.80 bits per heavy atom. The molecule has 1 aromatic rings. The molecule has 1 aliphatic carbocycles. The van der Waals surface area contributed by atoms with Crippen molar-refractivity contribution in [1.82, 2.24) is 20.9 Å². The Bertz CT molecular complexity index is 1100. The number of aliphatic hydroxyl groups is 1. The molecule has 1 aromatic carbocycles. The third-order valence-corrected chi connectivity index (χ3v) is 9.79. The van der Waals surface area contributed by atoms with Crippen LogP contribution in [0.1, 0.15) is 64.4 Å². The van der Waals surface area contributed by atoms with Gasteiger partial charge in [-0.3, -0.25) is 9.59 Å². The molecule has 1 amide bonds. The molecule has 0 aromatic heterocycles. The minimum absolute atomic E-state index is 0.0821. The van der Waals surface area contributed by atoms with Gasteiger partial charge < -0.3 is 26.0 Å². The van der Waals surface area contributed by atoms with Crippen LogP contribution in [0.5, 0.6) is 0 Å². The van der Waals surface area contributed by atoms with Crippen LogP contribution in [0.25, 0.3) is 0 Å². The summed E-state index contributed by atoms with van der Waals surface area (Å²) in [6.45, 7) is 6.72. The first-order valence-electron chi connectivity index (χ1n) is 14.2. The zero-order valence-electron chi connectivity index (χ0n) is 23.5. The Morgan fingerprint density at radius 1 is 1.15 bits per heavy atom. The fourth-order valence-electron chi connectivity index (χ4n) is 6.70. The van der Waals surface area contributed by atoms with Crippen molar-refractivity contribution in [1.29, 1.82) is 0 Å². The monoisotopic (exact) mass is 598 g/mol. The van der Waals surface area contributed by atoms with Gasteiger partial charge in [-0.05, 0) is 64.3 Å². The number of benzene rings is 1. The lowest BCUT2D eigenvalue weighted by molar-refractivity contribution is -0.164. The number of thiocarbonyl (C=S) groups is 1. The van der Waals surface area contributed by atoms with E-state index in [1.54, 1.807) is 30.9 Å². The average Bonchev–Trinajstić information content (AvgIpc) is 3.59. The van der Waals surface area contributed by atoms with E-state index in [9.17, 15) is 18.7 Å². The average molecular weight is 599 g/mol. The van der Waals surface area contributed by atoms with E-state index < -0.39 is 40.8 Å². The number of rotatable bonds is 9. The van der Waals surface area contributed by atoms with Gasteiger partial charge in [0, 0.05) is 56.0 Å². The van der Waals surface area contributed by atoms with Gasteiger partial charge in [-0.25, -0.2) is 8.78 Å². The van der Waals surface area contributed by atoms with Gasteiger partial charge in [-0.2, -0.15) is 0 Å². The highest BCUT2D eigenvalue weighted by Gasteiger charge is 2.63. The summed E-state index contributed by atoms with van der Waals surface area (Å²) >= 11 is 12.1. The van der Waals surface area contributed by atoms with Crippen molar-refractivity contribution in [2.75, 3.05) is 39.3 Å². The minimum Gasteiger partial charge on any atom is -0.395 e. The number of alkyl halides is 2. The summed E-state index contributed by atoms with van der Waals surface area (Å²) in [5, 5.41) is 20.7. The van der Waals surface area contributed by atoms with E-state index in [0.717, 1.165) is 5.56 Å². The van der Waals surface area contributed by atoms with E-state index in [2.05, 4.69) is 16.0 Å². The Hall–Kier alpha value is -1.72. The van der Waals surface area contributed by atoms with Crippen LogP contribution in [0.4, 0.5) is 8.78 Å². The third-order valence-electron chi connectivity index (χ3n) is 9.03. The molecule has 3 aliphatic rings. The van der Waals surface area contributed by atoms with Crippen molar-refractivity contribution in [2.45, 2.75) is 76.3 Å². The van der Waals surface area contributed by atoms with Gasteiger partial charge in [0.25, 0.3) is 0 Å². The first-order valence-corrected chi connectivity index (χ1v) is 15.0. The Kier molecular flexibility index (Phi) is 9.27. The summed E-state index contributed by atoms with van der Waals surface area (Å²) < 4.78 is 28.5. The smallest absolute Gasteiger partial charge is 0.248 e. The number of amides is 1. The van der Waals surface area contributed by atoms with Crippen LogP contribution in [0, 0.1) is 10.8 Å². The molecule has 2 heterocycles. The second-order valence-electron chi connectivity index (χ2n) is 12.2. The molecule has 4 N–H and O–H groups in total. The minimum atomic E-state index is -2.80. The van der Waals surface area contributed by atoms with Crippen molar-refractivity contribution < 1.29 is 23.5 Å². The lowest BCUT2D eigenvalue weighted by atomic mass is 9.64. The van der Waals surface area contributed by atoms with Gasteiger partial charge >= 0.3 is 0 Å². The van der Waals surface area contributed by atoms with Gasteiger partial charge in [0.15, 0.2) is 5.78 Å². The molecule has 11 heteroatoms. The van der Waals surface area contributed by atoms with Gasteiger partial charge in [0.05, 0.1) is 17.0 Å². The van der Waals surface area contributed by atoms with Gasteiger partial charge in [-0.1, -0.05) is 36.0 Å². The molecule has 0 bridgehead atoms. The second-order valence-corrected chi connectivity index (χ2v) is 13.0. The molecule has 40 heavy (non-hydrogen) atoms. The predicted octanol–water partition coefficient (Wildman–Crippen LogP) is 3.68. The lowest BCUT2D eigenvalue weighted by Crippen LogP contribution is -2.70. The molecule has 7 nitrogen and oxygen atoms in total. The molecule has 3 fully saturated rings. The Morgan fingerprint density at radius 3 is 2.35 bits per heavy atom. The molecule has 0 unspecified atom stereocenters. The normalized spacial score (nSPS) is 28.8. The number of carbonyl (C=O) groups is 2. The Balaban J connectivity index is 1.87. The molecule has 1 saturated carbocycles. The standard InChI is InChI=1S/C29H41ClF2N4O3S/c1-4-35-24(40)29(17-34-15-22(29)19-5-7-20(30)8-6-19)23(38)27(13-14-33-16-27)36(25(39)26(2,3)18-37)21-9-11-28(31,32)12-10-21/h5-8,21-22,33-34,37H,4,9-18H2,1-3H3,(H,35,40)/t22-,27+,29-/m1/s1. The largest absolute Gasteiger partial charge is 0.395 e. The van der Waals surface area contributed by atoms with Crippen LogP contribution < -0.4 is 16.0 Å². The molecule has 3 atom stereocenters. The van der Waals surface area contributed by atoms with E-state index >= 15 is 4.79 Å². The first-order chi connectivity index (χ1) is 18.8. The highest BCUT2D eigenvalue weighted by atomic mass is 35.5. The molecule has 0 spiro atoms. The van der Waals surface area contributed by atoms with Crippen LogP contribution in [0.2, 0.25) is 5.02 Å². The van der Waals surface area contributed by atoms with Crippen LogP contribution in [0.3, 0.4) is 0 Å². The van der Waals surface area contributed by atoms with Crippen molar-refractivity contribution >= 4 is 40.5 Å². The number of Topliss-reactive ketones (excluding diaryl/α,β-unsaturated/α-hetero) is 1. The summed E-state index contributed by atoms with van der Waals surface area (Å²) in [4.78, 5) is 31.6. The molecule has 222 valence electrons.